The van der Waals surface area contributed by atoms with E-state index in [9.17, 15) is 18.0 Å². The topological polar surface area (TPSA) is 95.6 Å². The Morgan fingerprint density at radius 2 is 1.89 bits per heavy atom. The maximum absolute atomic E-state index is 12.8. The van der Waals surface area contributed by atoms with Crippen molar-refractivity contribution in [3.05, 3.63) is 0 Å². The molecule has 3 rings (SSSR count). The summed E-state index contributed by atoms with van der Waals surface area (Å²) >= 11 is 0. The molecule has 1 unspecified atom stereocenters. The Balaban J connectivity index is 1.67. The Bertz CT molecular complexity index is 652. The fraction of sp³-hybridized carbons (Fsp3) is 0.895. The van der Waals surface area contributed by atoms with Crippen LogP contribution in [-0.2, 0) is 19.6 Å². The molecule has 0 aromatic heterocycles. The first-order chi connectivity index (χ1) is 12.8. The molecular weight excluding hydrogens is 366 g/mol. The third kappa shape index (κ3) is 5.02. The molecule has 1 spiro atoms. The van der Waals surface area contributed by atoms with Crippen LogP contribution in [0.4, 0.5) is 0 Å². The molecule has 2 N–H and O–H groups in total. The number of carbonyl (C=O) groups excluding carboxylic acids is 2. The molecule has 2 amide bonds. The summed E-state index contributed by atoms with van der Waals surface area (Å²) in [7, 11) is -3.44. The zero-order valence-corrected chi connectivity index (χ0v) is 17.2. The number of hydrogen-bond acceptors (Lipinski definition) is 4. The van der Waals surface area contributed by atoms with Gasteiger partial charge in [-0.2, -0.15) is 4.31 Å². The van der Waals surface area contributed by atoms with Gasteiger partial charge in [0.05, 0.1) is 11.3 Å². The van der Waals surface area contributed by atoms with Crippen LogP contribution < -0.4 is 10.6 Å². The second kappa shape index (κ2) is 8.47. The number of sulfonamides is 1. The first-order valence-electron chi connectivity index (χ1n) is 10.4. The van der Waals surface area contributed by atoms with E-state index in [1.807, 2.05) is 0 Å². The fourth-order valence-electron chi connectivity index (χ4n) is 4.82. The van der Waals surface area contributed by atoms with E-state index in [0.29, 0.717) is 18.9 Å². The van der Waals surface area contributed by atoms with Gasteiger partial charge in [0.1, 0.15) is 6.04 Å². The van der Waals surface area contributed by atoms with E-state index >= 15 is 0 Å². The van der Waals surface area contributed by atoms with Gasteiger partial charge in [-0.1, -0.05) is 38.5 Å². The predicted octanol–water partition coefficient (Wildman–Crippen LogP) is 1.54. The highest BCUT2D eigenvalue weighted by Gasteiger charge is 2.44. The normalized spacial score (nSPS) is 26.9. The number of carbonyl (C=O) groups is 2. The summed E-state index contributed by atoms with van der Waals surface area (Å²) < 4.78 is 26.5. The van der Waals surface area contributed by atoms with Crippen molar-refractivity contribution in [3.8, 4) is 0 Å². The number of amides is 2. The molecule has 27 heavy (non-hydrogen) atoms. The molecule has 0 aromatic carbocycles. The highest BCUT2D eigenvalue weighted by molar-refractivity contribution is 7.89. The van der Waals surface area contributed by atoms with Gasteiger partial charge in [0.25, 0.3) is 0 Å². The van der Waals surface area contributed by atoms with Crippen LogP contribution in [0.25, 0.3) is 0 Å². The molecule has 3 aliphatic rings. The maximum Gasteiger partial charge on any atom is 0.244 e. The first-order valence-corrected chi connectivity index (χ1v) is 12.0. The van der Waals surface area contributed by atoms with Gasteiger partial charge in [0, 0.05) is 19.5 Å². The Labute approximate surface area is 162 Å². The Morgan fingerprint density at radius 1 is 1.22 bits per heavy atom. The van der Waals surface area contributed by atoms with Gasteiger partial charge in [0.2, 0.25) is 21.8 Å². The van der Waals surface area contributed by atoms with Crippen molar-refractivity contribution in [3.63, 3.8) is 0 Å². The minimum absolute atomic E-state index is 0.000380. The Hall–Kier alpha value is -1.15. The van der Waals surface area contributed by atoms with Gasteiger partial charge in [-0.3, -0.25) is 9.59 Å². The minimum atomic E-state index is -3.44. The van der Waals surface area contributed by atoms with Crippen LogP contribution in [0.15, 0.2) is 0 Å². The van der Waals surface area contributed by atoms with E-state index in [1.165, 1.54) is 30.0 Å². The number of rotatable bonds is 6. The molecule has 1 saturated heterocycles. The molecule has 8 heteroatoms. The molecule has 2 saturated carbocycles. The zero-order valence-electron chi connectivity index (χ0n) is 16.3. The molecule has 1 aliphatic heterocycles. The van der Waals surface area contributed by atoms with Crippen molar-refractivity contribution in [1.82, 2.24) is 14.9 Å². The summed E-state index contributed by atoms with van der Waals surface area (Å²) in [4.78, 5) is 25.2. The van der Waals surface area contributed by atoms with Crippen molar-refractivity contribution < 1.29 is 18.0 Å². The van der Waals surface area contributed by atoms with Crippen LogP contribution >= 0.6 is 0 Å². The molecule has 1 atom stereocenters. The summed E-state index contributed by atoms with van der Waals surface area (Å²) in [5.74, 6) is 0.204. The van der Waals surface area contributed by atoms with Gasteiger partial charge < -0.3 is 10.6 Å². The van der Waals surface area contributed by atoms with Crippen LogP contribution in [0, 0.1) is 5.92 Å². The number of hydrogen-bond donors (Lipinski definition) is 2. The summed E-state index contributed by atoms with van der Waals surface area (Å²) in [5.41, 5.74) is -0.483. The molecule has 0 aromatic rings. The highest BCUT2D eigenvalue weighted by Crippen LogP contribution is 2.33. The molecule has 7 nitrogen and oxygen atoms in total. The van der Waals surface area contributed by atoms with E-state index in [2.05, 4.69) is 10.6 Å². The second-order valence-corrected chi connectivity index (χ2v) is 10.7. The summed E-state index contributed by atoms with van der Waals surface area (Å²) in [6, 6.07) is -0.817. The minimum Gasteiger partial charge on any atom is -0.348 e. The average molecular weight is 400 g/mol. The molecular formula is C19H33N3O4S. The van der Waals surface area contributed by atoms with Gasteiger partial charge in [-0.15, -0.1) is 0 Å². The lowest BCUT2D eigenvalue weighted by Gasteiger charge is -2.32. The average Bonchev–Trinajstić information content (AvgIpc) is 3.28. The summed E-state index contributed by atoms with van der Waals surface area (Å²) in [6.07, 6.45) is 9.64. The van der Waals surface area contributed by atoms with Crippen molar-refractivity contribution in [2.45, 2.75) is 82.7 Å². The van der Waals surface area contributed by atoms with Crippen molar-refractivity contribution >= 4 is 21.8 Å². The van der Waals surface area contributed by atoms with Crippen LogP contribution in [0.2, 0.25) is 0 Å². The monoisotopic (exact) mass is 399 g/mol. The van der Waals surface area contributed by atoms with Crippen LogP contribution in [0.3, 0.4) is 0 Å². The van der Waals surface area contributed by atoms with Crippen molar-refractivity contribution in [2.75, 3.05) is 18.8 Å². The first kappa shape index (κ1) is 20.6. The lowest BCUT2D eigenvalue weighted by Crippen LogP contribution is -2.54. The van der Waals surface area contributed by atoms with Crippen LogP contribution in [0.1, 0.15) is 71.1 Å². The van der Waals surface area contributed by atoms with Gasteiger partial charge in [0.15, 0.2) is 0 Å². The van der Waals surface area contributed by atoms with E-state index in [0.717, 1.165) is 32.1 Å². The Morgan fingerprint density at radius 3 is 2.52 bits per heavy atom. The molecule has 154 valence electrons. The summed E-state index contributed by atoms with van der Waals surface area (Å²) in [6.45, 7) is 1.95. The van der Waals surface area contributed by atoms with Crippen molar-refractivity contribution in [1.29, 1.82) is 0 Å². The van der Waals surface area contributed by atoms with E-state index in [-0.39, 0.29) is 24.1 Å². The van der Waals surface area contributed by atoms with Gasteiger partial charge >= 0.3 is 0 Å². The van der Waals surface area contributed by atoms with E-state index in [4.69, 9.17) is 0 Å². The molecule has 1 heterocycles. The van der Waals surface area contributed by atoms with Crippen molar-refractivity contribution in [2.24, 2.45) is 5.92 Å². The largest absolute Gasteiger partial charge is 0.348 e. The molecule has 2 aliphatic carbocycles. The van der Waals surface area contributed by atoms with Gasteiger partial charge in [-0.05, 0) is 32.1 Å². The van der Waals surface area contributed by atoms with Crippen LogP contribution in [0.5, 0.6) is 0 Å². The predicted molar refractivity (Wildman–Crippen MR) is 103 cm³/mol. The third-order valence-corrected chi connectivity index (χ3v) is 8.27. The van der Waals surface area contributed by atoms with E-state index in [1.54, 1.807) is 6.92 Å². The maximum atomic E-state index is 12.8. The zero-order chi connectivity index (χ0) is 19.5. The fourth-order valence-corrected chi connectivity index (χ4v) is 6.00. The highest BCUT2D eigenvalue weighted by atomic mass is 32.2. The van der Waals surface area contributed by atoms with E-state index < -0.39 is 21.6 Å². The van der Waals surface area contributed by atoms with Crippen LogP contribution in [-0.4, -0.2) is 55.0 Å². The molecule has 0 radical (unpaired) electrons. The standard InChI is InChI=1S/C19H33N3O4S/c1-2-27(25,26)22-13-16(18(24)21-19(14-22)11-5-6-12-19)20-17(23)10-9-15-7-3-4-8-15/h15-16H,2-14H2,1H3,(H,20,23)(H,21,24). The summed E-state index contributed by atoms with van der Waals surface area (Å²) in [5, 5.41) is 5.88. The molecule has 0 bridgehead atoms. The Kier molecular flexibility index (Phi) is 6.46. The van der Waals surface area contributed by atoms with Gasteiger partial charge in [-0.25, -0.2) is 8.42 Å². The SMILES string of the molecule is CCS(=O)(=O)N1CC(NC(=O)CCC2CCCC2)C(=O)NC2(CCCC2)C1. The quantitative estimate of drug-likeness (QED) is 0.708. The lowest BCUT2D eigenvalue weighted by atomic mass is 9.98. The third-order valence-electron chi connectivity index (χ3n) is 6.48. The number of nitrogens with one attached hydrogen (secondary N) is 2. The lowest BCUT2D eigenvalue weighted by molar-refractivity contribution is -0.129. The smallest absolute Gasteiger partial charge is 0.244 e. The second-order valence-electron chi connectivity index (χ2n) is 8.48. The molecule has 3 fully saturated rings. The number of nitrogens with zero attached hydrogens (tertiary/aromatic N) is 1.